The maximum Gasteiger partial charge on any atom is 0.143 e. The topological polar surface area (TPSA) is 35.8 Å². The van der Waals surface area contributed by atoms with Gasteiger partial charge < -0.3 is 5.32 Å². The van der Waals surface area contributed by atoms with Gasteiger partial charge >= 0.3 is 0 Å². The van der Waals surface area contributed by atoms with Crippen LogP contribution in [-0.2, 0) is 0 Å². The molecule has 0 atom stereocenters. The number of nitrogens with one attached hydrogen (secondary N) is 1. The van der Waals surface area contributed by atoms with E-state index < -0.39 is 5.82 Å². The summed E-state index contributed by atoms with van der Waals surface area (Å²) in [5, 5.41) is 12.7. The molecule has 0 saturated heterocycles. The zero-order chi connectivity index (χ0) is 14.0. The van der Waals surface area contributed by atoms with Gasteiger partial charge in [0.2, 0.25) is 0 Å². The SMILES string of the molecule is N#Cc1c(F)cccc1Nc1cc(Cl)c(Cl)cc1Cl. The summed E-state index contributed by atoms with van der Waals surface area (Å²) < 4.78 is 13.5. The molecule has 2 aromatic rings. The molecule has 2 nitrogen and oxygen atoms in total. The van der Waals surface area contributed by atoms with Crippen LogP contribution in [-0.4, -0.2) is 0 Å². The number of benzene rings is 2. The summed E-state index contributed by atoms with van der Waals surface area (Å²) in [6.07, 6.45) is 0. The van der Waals surface area contributed by atoms with Gasteiger partial charge in [-0.1, -0.05) is 40.9 Å². The summed E-state index contributed by atoms with van der Waals surface area (Å²) in [4.78, 5) is 0. The summed E-state index contributed by atoms with van der Waals surface area (Å²) in [6.45, 7) is 0. The van der Waals surface area contributed by atoms with Crippen molar-refractivity contribution in [1.82, 2.24) is 0 Å². The largest absolute Gasteiger partial charge is 0.353 e. The highest BCUT2D eigenvalue weighted by Crippen LogP contribution is 2.34. The van der Waals surface area contributed by atoms with Crippen molar-refractivity contribution in [2.24, 2.45) is 0 Å². The van der Waals surface area contributed by atoms with E-state index in [9.17, 15) is 4.39 Å². The minimum absolute atomic E-state index is 0.0929. The van der Waals surface area contributed by atoms with Crippen molar-refractivity contribution in [3.8, 4) is 6.07 Å². The number of nitriles is 1. The molecule has 0 aliphatic heterocycles. The van der Waals surface area contributed by atoms with Gasteiger partial charge in [-0.3, -0.25) is 0 Å². The highest BCUT2D eigenvalue weighted by atomic mass is 35.5. The quantitative estimate of drug-likeness (QED) is 0.753. The van der Waals surface area contributed by atoms with Crippen LogP contribution in [0.1, 0.15) is 5.56 Å². The van der Waals surface area contributed by atoms with Crippen LogP contribution in [0, 0.1) is 17.1 Å². The van der Waals surface area contributed by atoms with Crippen LogP contribution in [0.4, 0.5) is 15.8 Å². The molecule has 0 bridgehead atoms. The molecule has 0 unspecified atom stereocenters. The number of rotatable bonds is 2. The molecule has 19 heavy (non-hydrogen) atoms. The smallest absolute Gasteiger partial charge is 0.143 e. The van der Waals surface area contributed by atoms with E-state index in [0.29, 0.717) is 26.4 Å². The third kappa shape index (κ3) is 2.93. The summed E-state index contributed by atoms with van der Waals surface area (Å²) in [5.74, 6) is -0.608. The molecule has 0 aliphatic rings. The first-order valence-corrected chi connectivity index (χ1v) is 6.26. The first kappa shape index (κ1) is 14.0. The molecule has 2 aromatic carbocycles. The van der Waals surface area contributed by atoms with Crippen LogP contribution in [0.2, 0.25) is 15.1 Å². The fraction of sp³-hybridized carbons (Fsp3) is 0. The zero-order valence-electron chi connectivity index (χ0n) is 9.35. The molecule has 0 aliphatic carbocycles. The number of nitrogens with zero attached hydrogens (tertiary/aromatic N) is 1. The van der Waals surface area contributed by atoms with E-state index in [1.807, 2.05) is 0 Å². The maximum absolute atomic E-state index is 13.5. The Morgan fingerprint density at radius 1 is 1.00 bits per heavy atom. The summed E-state index contributed by atoms with van der Waals surface area (Å²) in [5.41, 5.74) is 0.658. The molecule has 0 aromatic heterocycles. The molecule has 0 radical (unpaired) electrons. The maximum atomic E-state index is 13.5. The van der Waals surface area contributed by atoms with Crippen molar-refractivity contribution in [2.45, 2.75) is 0 Å². The molecular formula is C13H6Cl3FN2. The molecule has 6 heteroatoms. The van der Waals surface area contributed by atoms with Crippen molar-refractivity contribution in [2.75, 3.05) is 5.32 Å². The Bertz CT molecular complexity index is 680. The molecule has 0 fully saturated rings. The molecule has 96 valence electrons. The molecular weight excluding hydrogens is 310 g/mol. The fourth-order valence-corrected chi connectivity index (χ4v) is 2.10. The first-order valence-electron chi connectivity index (χ1n) is 5.13. The Labute approximate surface area is 124 Å². The summed E-state index contributed by atoms with van der Waals surface area (Å²) in [7, 11) is 0. The highest BCUT2D eigenvalue weighted by Gasteiger charge is 2.11. The van der Waals surface area contributed by atoms with Crippen LogP contribution in [0.15, 0.2) is 30.3 Å². The van der Waals surface area contributed by atoms with Gasteiger partial charge in [0.15, 0.2) is 0 Å². The van der Waals surface area contributed by atoms with E-state index in [1.54, 1.807) is 12.1 Å². The lowest BCUT2D eigenvalue weighted by molar-refractivity contribution is 0.624. The van der Waals surface area contributed by atoms with E-state index >= 15 is 0 Å². The van der Waals surface area contributed by atoms with E-state index in [-0.39, 0.29) is 5.56 Å². The number of anilines is 2. The van der Waals surface area contributed by atoms with Gasteiger partial charge in [-0.25, -0.2) is 4.39 Å². The van der Waals surface area contributed by atoms with E-state index in [4.69, 9.17) is 40.1 Å². The normalized spacial score (nSPS) is 10.1. The second-order valence-corrected chi connectivity index (χ2v) is 4.87. The molecule has 1 N–H and O–H groups in total. The Hall–Kier alpha value is -1.47. The molecule has 0 saturated carbocycles. The molecule has 0 spiro atoms. The summed E-state index contributed by atoms with van der Waals surface area (Å²) >= 11 is 17.7. The number of hydrogen-bond donors (Lipinski definition) is 1. The average Bonchev–Trinajstić information content (AvgIpc) is 2.36. The highest BCUT2D eigenvalue weighted by molar-refractivity contribution is 6.44. The van der Waals surface area contributed by atoms with Crippen molar-refractivity contribution in [1.29, 1.82) is 5.26 Å². The summed E-state index contributed by atoms with van der Waals surface area (Å²) in [6, 6.07) is 9.04. The number of halogens is 4. The second-order valence-electron chi connectivity index (χ2n) is 3.65. The lowest BCUT2D eigenvalue weighted by Gasteiger charge is -2.11. The Kier molecular flexibility index (Phi) is 4.16. The van der Waals surface area contributed by atoms with Gasteiger partial charge in [0.25, 0.3) is 0 Å². The molecule has 2 rings (SSSR count). The van der Waals surface area contributed by atoms with Gasteiger partial charge in [0.1, 0.15) is 17.4 Å². The van der Waals surface area contributed by atoms with Crippen molar-refractivity contribution >= 4 is 46.2 Å². The minimum Gasteiger partial charge on any atom is -0.353 e. The van der Waals surface area contributed by atoms with Gasteiger partial charge in [0.05, 0.1) is 26.4 Å². The second kappa shape index (κ2) is 5.66. The standard InChI is InChI=1S/C13H6Cl3FN2/c14-8-4-10(16)13(5-9(8)15)19-12-3-1-2-11(17)7(12)6-18/h1-5,19H. The third-order valence-corrected chi connectivity index (χ3v) is 3.44. The van der Waals surface area contributed by atoms with Crippen molar-refractivity contribution < 1.29 is 4.39 Å². The van der Waals surface area contributed by atoms with Crippen LogP contribution in [0.3, 0.4) is 0 Å². The van der Waals surface area contributed by atoms with Gasteiger partial charge in [-0.15, -0.1) is 0 Å². The predicted octanol–water partition coefficient (Wildman–Crippen LogP) is 5.40. The monoisotopic (exact) mass is 314 g/mol. The minimum atomic E-state index is -0.608. The Balaban J connectivity index is 2.45. The zero-order valence-corrected chi connectivity index (χ0v) is 11.6. The predicted molar refractivity (Wildman–Crippen MR) is 75.9 cm³/mol. The van der Waals surface area contributed by atoms with E-state index in [2.05, 4.69) is 5.32 Å². The van der Waals surface area contributed by atoms with Crippen LogP contribution in [0.5, 0.6) is 0 Å². The lowest BCUT2D eigenvalue weighted by atomic mass is 10.1. The van der Waals surface area contributed by atoms with Crippen LogP contribution in [0.25, 0.3) is 0 Å². The van der Waals surface area contributed by atoms with E-state index in [1.165, 1.54) is 24.3 Å². The third-order valence-electron chi connectivity index (χ3n) is 2.40. The van der Waals surface area contributed by atoms with Crippen molar-refractivity contribution in [3.05, 3.63) is 56.8 Å². The number of hydrogen-bond acceptors (Lipinski definition) is 2. The fourth-order valence-electron chi connectivity index (χ4n) is 1.51. The Morgan fingerprint density at radius 2 is 1.68 bits per heavy atom. The molecule has 0 amide bonds. The lowest BCUT2D eigenvalue weighted by Crippen LogP contribution is -1.96. The van der Waals surface area contributed by atoms with Crippen LogP contribution >= 0.6 is 34.8 Å². The van der Waals surface area contributed by atoms with Gasteiger partial charge in [0, 0.05) is 0 Å². The van der Waals surface area contributed by atoms with Gasteiger partial charge in [-0.2, -0.15) is 5.26 Å². The van der Waals surface area contributed by atoms with Crippen molar-refractivity contribution in [3.63, 3.8) is 0 Å². The average molecular weight is 316 g/mol. The van der Waals surface area contributed by atoms with Crippen LogP contribution < -0.4 is 5.32 Å². The Morgan fingerprint density at radius 3 is 2.37 bits per heavy atom. The first-order chi connectivity index (χ1) is 9.02. The molecule has 0 heterocycles. The van der Waals surface area contributed by atoms with E-state index in [0.717, 1.165) is 0 Å². The van der Waals surface area contributed by atoms with Gasteiger partial charge in [-0.05, 0) is 24.3 Å².